The van der Waals surface area contributed by atoms with Crippen LogP contribution in [0.15, 0.2) is 57.7 Å². The molecule has 0 spiro atoms. The minimum atomic E-state index is -0.357. The first-order valence-corrected chi connectivity index (χ1v) is 8.78. The predicted octanol–water partition coefficient (Wildman–Crippen LogP) is 4.42. The molecule has 1 heterocycles. The fourth-order valence-corrected chi connectivity index (χ4v) is 3.14. The lowest BCUT2D eigenvalue weighted by molar-refractivity contribution is 0.415. The lowest BCUT2D eigenvalue weighted by atomic mass is 10.1. The second kappa shape index (κ2) is 7.52. The maximum Gasteiger partial charge on any atom is 0.338 e. The van der Waals surface area contributed by atoms with Gasteiger partial charge in [-0.3, -0.25) is 0 Å². The van der Waals surface area contributed by atoms with Gasteiger partial charge in [-0.25, -0.2) is 4.79 Å². The summed E-state index contributed by atoms with van der Waals surface area (Å²) in [5.41, 5.74) is 3.06. The standard InChI is InChI=1S/C21H24N2O3/c1-5-23(6-2)16-9-12-18-19(14-21(24)26-20(18)13-16)22(3)15-7-10-17(25-4)11-8-15/h7-14H,5-6H2,1-4H3. The first-order chi connectivity index (χ1) is 12.6. The number of hydrogen-bond acceptors (Lipinski definition) is 5. The van der Waals surface area contributed by atoms with Crippen molar-refractivity contribution < 1.29 is 9.15 Å². The van der Waals surface area contributed by atoms with E-state index in [0.29, 0.717) is 5.58 Å². The van der Waals surface area contributed by atoms with Crippen LogP contribution in [0.4, 0.5) is 17.1 Å². The van der Waals surface area contributed by atoms with Crippen LogP contribution in [0.25, 0.3) is 11.0 Å². The van der Waals surface area contributed by atoms with Crippen LogP contribution in [0.3, 0.4) is 0 Å². The molecule has 0 fully saturated rings. The van der Waals surface area contributed by atoms with Gasteiger partial charge in [-0.2, -0.15) is 0 Å². The fraction of sp³-hybridized carbons (Fsp3) is 0.286. The van der Waals surface area contributed by atoms with Crippen molar-refractivity contribution in [2.45, 2.75) is 13.8 Å². The zero-order valence-corrected chi connectivity index (χ0v) is 15.7. The van der Waals surface area contributed by atoms with Gasteiger partial charge >= 0.3 is 5.63 Å². The number of rotatable bonds is 6. The molecule has 2 aromatic carbocycles. The topological polar surface area (TPSA) is 45.9 Å². The predicted molar refractivity (Wildman–Crippen MR) is 107 cm³/mol. The Morgan fingerprint density at radius 1 is 0.962 bits per heavy atom. The number of fused-ring (bicyclic) bond motifs is 1. The van der Waals surface area contributed by atoms with Crippen LogP contribution in [0.2, 0.25) is 0 Å². The van der Waals surface area contributed by atoms with Gasteiger partial charge in [-0.1, -0.05) is 0 Å². The molecule has 5 heteroatoms. The molecule has 0 saturated carbocycles. The van der Waals surface area contributed by atoms with Gasteiger partial charge < -0.3 is 19.0 Å². The summed E-state index contributed by atoms with van der Waals surface area (Å²) in [6.07, 6.45) is 0. The van der Waals surface area contributed by atoms with E-state index >= 15 is 0 Å². The van der Waals surface area contributed by atoms with Crippen LogP contribution in [-0.4, -0.2) is 27.2 Å². The third-order valence-corrected chi connectivity index (χ3v) is 4.66. The third-order valence-electron chi connectivity index (χ3n) is 4.66. The molecule has 0 N–H and O–H groups in total. The number of hydrogen-bond donors (Lipinski definition) is 0. The summed E-state index contributed by atoms with van der Waals surface area (Å²) in [5, 5.41) is 0.902. The van der Waals surface area contributed by atoms with Crippen molar-refractivity contribution in [1.29, 1.82) is 0 Å². The molecular weight excluding hydrogens is 328 g/mol. The monoisotopic (exact) mass is 352 g/mol. The van der Waals surface area contributed by atoms with Gasteiger partial charge in [-0.05, 0) is 50.2 Å². The van der Waals surface area contributed by atoms with E-state index in [1.807, 2.05) is 48.3 Å². The lowest BCUT2D eigenvalue weighted by Gasteiger charge is -2.23. The van der Waals surface area contributed by atoms with Gasteiger partial charge in [-0.15, -0.1) is 0 Å². The van der Waals surface area contributed by atoms with E-state index in [-0.39, 0.29) is 5.63 Å². The molecule has 3 rings (SSSR count). The van der Waals surface area contributed by atoms with Crippen LogP contribution in [-0.2, 0) is 0 Å². The Kier molecular flexibility index (Phi) is 5.16. The Morgan fingerprint density at radius 2 is 1.62 bits per heavy atom. The van der Waals surface area contributed by atoms with Gasteiger partial charge in [0, 0.05) is 49.0 Å². The molecule has 5 nitrogen and oxygen atoms in total. The van der Waals surface area contributed by atoms with Gasteiger partial charge in [0.1, 0.15) is 11.3 Å². The summed E-state index contributed by atoms with van der Waals surface area (Å²) in [4.78, 5) is 16.3. The van der Waals surface area contributed by atoms with Gasteiger partial charge in [0.25, 0.3) is 0 Å². The van der Waals surface area contributed by atoms with Crippen molar-refractivity contribution in [2.24, 2.45) is 0 Å². The normalized spacial score (nSPS) is 10.8. The molecule has 0 radical (unpaired) electrons. The Labute approximate surface area is 153 Å². The SMILES string of the molecule is CCN(CC)c1ccc2c(N(C)c3ccc(OC)cc3)cc(=O)oc2c1. The highest BCUT2D eigenvalue weighted by Gasteiger charge is 2.13. The Bertz CT molecular complexity index is 944. The summed E-state index contributed by atoms with van der Waals surface area (Å²) in [5.74, 6) is 0.795. The summed E-state index contributed by atoms with van der Waals surface area (Å²) >= 11 is 0. The highest BCUT2D eigenvalue weighted by Crippen LogP contribution is 2.32. The minimum absolute atomic E-state index is 0.357. The van der Waals surface area contributed by atoms with Crippen LogP contribution in [0.1, 0.15) is 13.8 Å². The van der Waals surface area contributed by atoms with Crippen LogP contribution < -0.4 is 20.2 Å². The Hall–Kier alpha value is -2.95. The summed E-state index contributed by atoms with van der Waals surface area (Å²) in [6, 6.07) is 15.3. The Balaban J connectivity index is 2.08. The average molecular weight is 352 g/mol. The van der Waals surface area contributed by atoms with Crippen molar-refractivity contribution in [3.63, 3.8) is 0 Å². The van der Waals surface area contributed by atoms with Crippen molar-refractivity contribution in [3.8, 4) is 5.75 Å². The van der Waals surface area contributed by atoms with E-state index in [2.05, 4.69) is 24.8 Å². The minimum Gasteiger partial charge on any atom is -0.497 e. The molecule has 0 aliphatic rings. The van der Waals surface area contributed by atoms with Crippen LogP contribution in [0, 0.1) is 0 Å². The van der Waals surface area contributed by atoms with Crippen LogP contribution >= 0.6 is 0 Å². The van der Waals surface area contributed by atoms with Crippen molar-refractivity contribution >= 4 is 28.0 Å². The van der Waals surface area contributed by atoms with Gasteiger partial charge in [0.05, 0.1) is 12.8 Å². The molecule has 0 aliphatic carbocycles. The molecule has 0 bridgehead atoms. The molecule has 136 valence electrons. The number of anilines is 3. The quantitative estimate of drug-likeness (QED) is 0.615. The van der Waals surface area contributed by atoms with E-state index in [9.17, 15) is 4.79 Å². The van der Waals surface area contributed by atoms with E-state index in [1.54, 1.807) is 7.11 Å². The van der Waals surface area contributed by atoms with E-state index < -0.39 is 0 Å². The van der Waals surface area contributed by atoms with E-state index in [1.165, 1.54) is 6.07 Å². The molecule has 0 unspecified atom stereocenters. The third kappa shape index (κ3) is 3.38. The largest absolute Gasteiger partial charge is 0.497 e. The molecule has 0 aliphatic heterocycles. The Morgan fingerprint density at radius 3 is 2.23 bits per heavy atom. The number of nitrogens with zero attached hydrogens (tertiary/aromatic N) is 2. The maximum absolute atomic E-state index is 12.1. The van der Waals surface area contributed by atoms with Crippen molar-refractivity contribution in [2.75, 3.05) is 37.0 Å². The zero-order valence-electron chi connectivity index (χ0n) is 15.7. The highest BCUT2D eigenvalue weighted by molar-refractivity contribution is 5.94. The number of methoxy groups -OCH3 is 1. The van der Waals surface area contributed by atoms with Crippen molar-refractivity contribution in [1.82, 2.24) is 0 Å². The number of benzene rings is 2. The molecule has 0 saturated heterocycles. The van der Waals surface area contributed by atoms with Gasteiger partial charge in [0.15, 0.2) is 0 Å². The molecule has 1 aromatic heterocycles. The lowest BCUT2D eigenvalue weighted by Crippen LogP contribution is -2.21. The molecular formula is C21H24N2O3. The summed E-state index contributed by atoms with van der Waals surface area (Å²) in [7, 11) is 3.58. The molecule has 0 atom stereocenters. The zero-order chi connectivity index (χ0) is 18.7. The summed E-state index contributed by atoms with van der Waals surface area (Å²) in [6.45, 7) is 6.02. The van der Waals surface area contributed by atoms with Crippen LogP contribution in [0.5, 0.6) is 5.75 Å². The smallest absolute Gasteiger partial charge is 0.338 e. The average Bonchev–Trinajstić information content (AvgIpc) is 2.67. The summed E-state index contributed by atoms with van der Waals surface area (Å²) < 4.78 is 10.7. The second-order valence-electron chi connectivity index (χ2n) is 6.06. The van der Waals surface area contributed by atoms with E-state index in [0.717, 1.165) is 41.3 Å². The molecule has 0 amide bonds. The maximum atomic E-state index is 12.1. The first kappa shape index (κ1) is 17.9. The number of ether oxygens (including phenoxy) is 1. The van der Waals surface area contributed by atoms with Gasteiger partial charge in [0.2, 0.25) is 0 Å². The first-order valence-electron chi connectivity index (χ1n) is 8.78. The molecule has 3 aromatic rings. The fourth-order valence-electron chi connectivity index (χ4n) is 3.14. The second-order valence-corrected chi connectivity index (χ2v) is 6.06. The van der Waals surface area contributed by atoms with E-state index in [4.69, 9.17) is 9.15 Å². The van der Waals surface area contributed by atoms with Crippen molar-refractivity contribution in [3.05, 3.63) is 59.0 Å². The highest BCUT2D eigenvalue weighted by atomic mass is 16.5. The molecule has 26 heavy (non-hydrogen) atoms.